The Hall–Kier alpha value is -1.16. The minimum Gasteiger partial charge on any atom is -0.390 e. The molecule has 0 bridgehead atoms. The molecule has 0 heterocycles. The monoisotopic (exact) mass is 414 g/mol. The van der Waals surface area contributed by atoms with Gasteiger partial charge in [-0.3, -0.25) is 0 Å². The molecule has 5 atom stereocenters. The van der Waals surface area contributed by atoms with Crippen LogP contribution in [-0.4, -0.2) is 33.1 Å². The van der Waals surface area contributed by atoms with Gasteiger partial charge in [-0.25, -0.2) is 0 Å². The van der Waals surface area contributed by atoms with Gasteiger partial charge in [0, 0.05) is 0 Å². The first-order valence-electron chi connectivity index (χ1n) is 11.9. The third kappa shape index (κ3) is 5.18. The summed E-state index contributed by atoms with van der Waals surface area (Å²) in [7, 11) is 0. The molecule has 168 valence electrons. The number of rotatable bonds is 6. The van der Waals surface area contributed by atoms with Crippen LogP contribution in [0, 0.1) is 17.3 Å². The molecule has 2 fully saturated rings. The van der Waals surface area contributed by atoms with E-state index in [0.29, 0.717) is 30.3 Å². The van der Waals surface area contributed by atoms with Gasteiger partial charge in [0.05, 0.1) is 17.8 Å². The van der Waals surface area contributed by atoms with Crippen LogP contribution in [0.3, 0.4) is 0 Å². The first-order valence-corrected chi connectivity index (χ1v) is 11.9. The molecule has 0 aromatic rings. The number of allylic oxidation sites excluding steroid dienone is 5. The van der Waals surface area contributed by atoms with E-state index < -0.39 is 17.8 Å². The smallest absolute Gasteiger partial charge is 0.0809 e. The summed E-state index contributed by atoms with van der Waals surface area (Å²) >= 11 is 0. The summed E-state index contributed by atoms with van der Waals surface area (Å²) in [6.45, 7) is 12.4. The lowest BCUT2D eigenvalue weighted by atomic mass is 9.62. The topological polar surface area (TPSA) is 60.7 Å². The SMILES string of the molecule is C=C1[C@H](O)CC(=C/C=C2\CCC[C@]3(C)C([C@@H](C)CCCC(C)(C)O)=CC[C@@H]23)C[C@H]1O. The van der Waals surface area contributed by atoms with Crippen molar-refractivity contribution < 1.29 is 15.3 Å². The van der Waals surface area contributed by atoms with Crippen molar-refractivity contribution in [3.8, 4) is 0 Å². The zero-order chi connectivity index (χ0) is 22.1. The molecule has 3 aliphatic rings. The number of aliphatic hydroxyl groups excluding tert-OH is 2. The average Bonchev–Trinajstić information content (AvgIpc) is 3.00. The molecule has 0 aliphatic heterocycles. The van der Waals surface area contributed by atoms with Crippen LogP contribution in [0.5, 0.6) is 0 Å². The van der Waals surface area contributed by atoms with Gasteiger partial charge in [0.25, 0.3) is 0 Å². The Labute approximate surface area is 183 Å². The minimum atomic E-state index is -0.625. The highest BCUT2D eigenvalue weighted by Crippen LogP contribution is 2.57. The molecule has 0 radical (unpaired) electrons. The summed E-state index contributed by atoms with van der Waals surface area (Å²) in [5.74, 6) is 1.14. The molecule has 0 saturated heterocycles. The molecular weight excluding hydrogens is 372 g/mol. The second-order valence-electron chi connectivity index (χ2n) is 10.9. The molecular formula is C27H42O3. The Morgan fingerprint density at radius 2 is 1.90 bits per heavy atom. The van der Waals surface area contributed by atoms with E-state index in [2.05, 4.69) is 38.7 Å². The molecule has 3 heteroatoms. The fraction of sp³-hybridized carbons (Fsp3) is 0.704. The van der Waals surface area contributed by atoms with Crippen molar-refractivity contribution in [2.24, 2.45) is 17.3 Å². The normalized spacial score (nSPS) is 34.7. The molecule has 0 aromatic carbocycles. The lowest BCUT2D eigenvalue weighted by molar-refractivity contribution is 0.0670. The van der Waals surface area contributed by atoms with Crippen molar-refractivity contribution in [3.63, 3.8) is 0 Å². The van der Waals surface area contributed by atoms with E-state index in [-0.39, 0.29) is 5.41 Å². The van der Waals surface area contributed by atoms with Crippen LogP contribution >= 0.6 is 0 Å². The van der Waals surface area contributed by atoms with Gasteiger partial charge in [-0.1, -0.05) is 61.8 Å². The maximum Gasteiger partial charge on any atom is 0.0809 e. The Morgan fingerprint density at radius 3 is 2.53 bits per heavy atom. The van der Waals surface area contributed by atoms with E-state index in [9.17, 15) is 15.3 Å². The summed E-state index contributed by atoms with van der Waals surface area (Å²) in [6.07, 6.45) is 14.7. The molecule has 0 unspecified atom stereocenters. The zero-order valence-corrected chi connectivity index (χ0v) is 19.5. The first kappa shape index (κ1) is 23.5. The number of aliphatic hydroxyl groups is 3. The standard InChI is InChI=1S/C27H42O3/c1-18(8-6-14-26(3,4)30)22-12-13-23-21(9-7-15-27(22,23)5)11-10-20-16-24(28)19(2)25(29)17-20/h10-12,18,23-25,28-30H,2,6-9,13-17H2,1,3-5H3/b21-11+/t18-,23-,24+,25+,27+/m0/s1. The maximum atomic E-state index is 10.1. The number of fused-ring (bicyclic) bond motifs is 1. The van der Waals surface area contributed by atoms with E-state index in [0.717, 1.165) is 37.7 Å². The lowest BCUT2D eigenvalue weighted by Gasteiger charge is -2.42. The van der Waals surface area contributed by atoms with Gasteiger partial charge in [-0.2, -0.15) is 0 Å². The minimum absolute atomic E-state index is 0.247. The summed E-state index contributed by atoms with van der Waals surface area (Å²) in [6, 6.07) is 0. The Balaban J connectivity index is 1.68. The maximum absolute atomic E-state index is 10.1. The molecule has 2 saturated carbocycles. The van der Waals surface area contributed by atoms with Crippen molar-refractivity contribution in [2.45, 2.75) is 103 Å². The van der Waals surface area contributed by atoms with Gasteiger partial charge in [0.15, 0.2) is 0 Å². The van der Waals surface area contributed by atoms with Crippen LogP contribution in [0.2, 0.25) is 0 Å². The predicted octanol–water partition coefficient (Wildman–Crippen LogP) is 5.62. The van der Waals surface area contributed by atoms with Crippen LogP contribution in [-0.2, 0) is 0 Å². The van der Waals surface area contributed by atoms with Gasteiger partial charge < -0.3 is 15.3 Å². The van der Waals surface area contributed by atoms with Gasteiger partial charge in [0.1, 0.15) is 0 Å². The van der Waals surface area contributed by atoms with Crippen LogP contribution in [0.15, 0.2) is 47.1 Å². The van der Waals surface area contributed by atoms with Gasteiger partial charge >= 0.3 is 0 Å². The van der Waals surface area contributed by atoms with Crippen molar-refractivity contribution in [2.75, 3.05) is 0 Å². The molecule has 30 heavy (non-hydrogen) atoms. The Bertz CT molecular complexity index is 720. The first-order chi connectivity index (χ1) is 14.0. The third-order valence-corrected chi connectivity index (χ3v) is 7.87. The fourth-order valence-electron chi connectivity index (χ4n) is 6.04. The summed E-state index contributed by atoms with van der Waals surface area (Å²) < 4.78 is 0. The highest BCUT2D eigenvalue weighted by atomic mass is 16.3. The van der Waals surface area contributed by atoms with E-state index in [4.69, 9.17) is 0 Å². The Kier molecular flexibility index (Phi) is 7.16. The quantitative estimate of drug-likeness (QED) is 0.494. The second-order valence-corrected chi connectivity index (χ2v) is 10.9. The molecule has 3 N–H and O–H groups in total. The van der Waals surface area contributed by atoms with Gasteiger partial charge in [-0.05, 0) is 88.0 Å². The lowest BCUT2D eigenvalue weighted by Crippen LogP contribution is -2.32. The average molecular weight is 415 g/mol. The summed E-state index contributed by atoms with van der Waals surface area (Å²) in [4.78, 5) is 0. The largest absolute Gasteiger partial charge is 0.390 e. The number of hydrogen-bond acceptors (Lipinski definition) is 3. The summed E-state index contributed by atoms with van der Waals surface area (Å²) in [5.41, 5.74) is 4.50. The molecule has 0 spiro atoms. The van der Waals surface area contributed by atoms with Crippen LogP contribution < -0.4 is 0 Å². The van der Waals surface area contributed by atoms with Crippen LogP contribution in [0.1, 0.15) is 85.5 Å². The third-order valence-electron chi connectivity index (χ3n) is 7.87. The molecule has 3 rings (SSSR count). The molecule has 3 aliphatic carbocycles. The van der Waals surface area contributed by atoms with E-state index in [1.165, 1.54) is 18.4 Å². The summed E-state index contributed by atoms with van der Waals surface area (Å²) in [5, 5.41) is 30.3. The highest BCUT2D eigenvalue weighted by Gasteiger charge is 2.45. The highest BCUT2D eigenvalue weighted by molar-refractivity contribution is 5.35. The van der Waals surface area contributed by atoms with Gasteiger partial charge in [-0.15, -0.1) is 0 Å². The van der Waals surface area contributed by atoms with E-state index in [1.807, 2.05) is 13.8 Å². The zero-order valence-electron chi connectivity index (χ0n) is 19.5. The molecule has 0 amide bonds. The van der Waals surface area contributed by atoms with Crippen molar-refractivity contribution in [3.05, 3.63) is 47.1 Å². The van der Waals surface area contributed by atoms with E-state index >= 15 is 0 Å². The molecule has 0 aromatic heterocycles. The van der Waals surface area contributed by atoms with Crippen LogP contribution in [0.4, 0.5) is 0 Å². The van der Waals surface area contributed by atoms with E-state index in [1.54, 1.807) is 5.57 Å². The fourth-order valence-corrected chi connectivity index (χ4v) is 6.04. The van der Waals surface area contributed by atoms with Crippen molar-refractivity contribution in [1.29, 1.82) is 0 Å². The Morgan fingerprint density at radius 1 is 1.23 bits per heavy atom. The van der Waals surface area contributed by atoms with Crippen molar-refractivity contribution in [1.82, 2.24) is 0 Å². The second kappa shape index (κ2) is 9.14. The predicted molar refractivity (Wildman–Crippen MR) is 124 cm³/mol. The van der Waals surface area contributed by atoms with Gasteiger partial charge in [0.2, 0.25) is 0 Å². The van der Waals surface area contributed by atoms with Crippen molar-refractivity contribution >= 4 is 0 Å². The van der Waals surface area contributed by atoms with Crippen LogP contribution in [0.25, 0.3) is 0 Å². The number of hydrogen-bond donors (Lipinski definition) is 3. The molecule has 3 nitrogen and oxygen atoms in total.